The minimum atomic E-state index is -4.63. The number of rotatable bonds is 12. The zero-order chi connectivity index (χ0) is 47.0. The lowest BCUT2D eigenvalue weighted by Crippen LogP contribution is -2.47. The highest BCUT2D eigenvalue weighted by atomic mass is 35.5. The monoisotopic (exact) mass is 962 g/mol. The molecule has 67 heavy (non-hydrogen) atoms. The maximum absolute atomic E-state index is 14.3. The van der Waals surface area contributed by atoms with Crippen LogP contribution in [0.5, 0.6) is 5.88 Å². The average molecular weight is 963 g/mol. The first-order valence-corrected chi connectivity index (χ1v) is 24.2. The van der Waals surface area contributed by atoms with Gasteiger partial charge in [-0.15, -0.1) is 0 Å². The number of nitro benzene ring substituents is 1. The molecule has 2 aromatic heterocycles. The number of H-pyrrole nitrogens is 1. The normalized spacial score (nSPS) is 19.8. The molecule has 0 spiro atoms. The smallest absolute Gasteiger partial charge is 0.392 e. The lowest BCUT2D eigenvalue weighted by Gasteiger charge is -2.39. The fourth-order valence-electron chi connectivity index (χ4n) is 9.45. The van der Waals surface area contributed by atoms with Gasteiger partial charge >= 0.3 is 6.18 Å². The van der Waals surface area contributed by atoms with Crippen molar-refractivity contribution in [2.24, 2.45) is 11.8 Å². The van der Waals surface area contributed by atoms with Crippen LogP contribution in [-0.2, 0) is 14.8 Å². The van der Waals surface area contributed by atoms with Crippen LogP contribution in [0, 0.1) is 22.0 Å². The molecule has 1 amide bonds. The van der Waals surface area contributed by atoms with Gasteiger partial charge in [0.1, 0.15) is 23.1 Å². The predicted octanol–water partition coefficient (Wildman–Crippen LogP) is 8.94. The Bertz CT molecular complexity index is 2810. The van der Waals surface area contributed by atoms with Gasteiger partial charge < -0.3 is 29.6 Å². The van der Waals surface area contributed by atoms with E-state index in [2.05, 4.69) is 24.8 Å². The van der Waals surface area contributed by atoms with E-state index >= 15 is 0 Å². The van der Waals surface area contributed by atoms with Gasteiger partial charge in [-0.05, 0) is 111 Å². The fraction of sp³-hybridized carbons (Fsp3) is 0.404. The molecule has 0 bridgehead atoms. The molecule has 20 heteroatoms. The second-order valence-electron chi connectivity index (χ2n) is 17.6. The van der Waals surface area contributed by atoms with Crippen molar-refractivity contribution >= 4 is 72.6 Å². The van der Waals surface area contributed by atoms with Crippen molar-refractivity contribution in [2.75, 3.05) is 74.1 Å². The van der Waals surface area contributed by atoms with E-state index in [1.807, 2.05) is 30.0 Å². The van der Waals surface area contributed by atoms with Crippen LogP contribution < -0.4 is 24.6 Å². The molecule has 5 aromatic rings. The Kier molecular flexibility index (Phi) is 13.1. The van der Waals surface area contributed by atoms with Crippen LogP contribution in [0.2, 0.25) is 5.02 Å². The molecular formula is C47H50ClF3N8O7S. The Morgan fingerprint density at radius 2 is 1.75 bits per heavy atom. The number of benzene rings is 3. The highest BCUT2D eigenvalue weighted by Crippen LogP contribution is 2.45. The van der Waals surface area contributed by atoms with Crippen LogP contribution in [0.1, 0.15) is 54.9 Å². The number of carbonyl (C=O) groups excluding carboxylic acids is 1. The molecule has 0 radical (unpaired) electrons. The Labute approximate surface area is 390 Å². The van der Waals surface area contributed by atoms with E-state index in [4.69, 9.17) is 26.1 Å². The van der Waals surface area contributed by atoms with Gasteiger partial charge in [-0.2, -0.15) is 18.2 Å². The molecule has 1 aliphatic carbocycles. The fourth-order valence-corrected chi connectivity index (χ4v) is 10.6. The summed E-state index contributed by atoms with van der Waals surface area (Å²) in [6.45, 7) is 6.68. The van der Waals surface area contributed by atoms with Crippen molar-refractivity contribution in [1.82, 2.24) is 19.6 Å². The first kappa shape index (κ1) is 46.2. The molecule has 9 rings (SSSR count). The topological polar surface area (TPSA) is 175 Å². The number of carbonyl (C=O) groups is 1. The lowest BCUT2D eigenvalue weighted by molar-refractivity contribution is -0.384. The highest BCUT2D eigenvalue weighted by molar-refractivity contribution is 7.90. The van der Waals surface area contributed by atoms with Crippen LogP contribution in [0.3, 0.4) is 0 Å². The zero-order valence-electron chi connectivity index (χ0n) is 36.7. The number of piperazine rings is 1. The molecule has 2 atom stereocenters. The van der Waals surface area contributed by atoms with E-state index in [1.165, 1.54) is 12.1 Å². The number of allylic oxidation sites excluding steroid dienone is 1. The Balaban J connectivity index is 0.983. The number of aromatic nitrogens is 2. The van der Waals surface area contributed by atoms with E-state index in [1.54, 1.807) is 42.6 Å². The number of nitro groups is 1. The molecule has 2 saturated heterocycles. The summed E-state index contributed by atoms with van der Waals surface area (Å²) < 4.78 is 83.4. The largest absolute Gasteiger partial charge is 0.471 e. The summed E-state index contributed by atoms with van der Waals surface area (Å²) >= 11 is 6.14. The average Bonchev–Trinajstić information content (AvgIpc) is 3.77. The van der Waals surface area contributed by atoms with Crippen molar-refractivity contribution in [1.29, 1.82) is 0 Å². The molecule has 3 N–H and O–H groups in total. The number of nitrogens with one attached hydrogen (secondary N) is 3. The van der Waals surface area contributed by atoms with E-state index in [-0.39, 0.29) is 36.6 Å². The van der Waals surface area contributed by atoms with Gasteiger partial charge in [-0.1, -0.05) is 29.3 Å². The zero-order valence-corrected chi connectivity index (χ0v) is 38.2. The van der Waals surface area contributed by atoms with Crippen LogP contribution in [0.15, 0.2) is 89.5 Å². The molecule has 3 aliphatic heterocycles. The number of sulfonamides is 1. The quantitative estimate of drug-likeness (QED) is 0.0801. The third-order valence-electron chi connectivity index (χ3n) is 13.1. The summed E-state index contributed by atoms with van der Waals surface area (Å²) in [6, 6.07) is 19.4. The molecule has 5 heterocycles. The maximum atomic E-state index is 14.3. The predicted molar refractivity (Wildman–Crippen MR) is 250 cm³/mol. The number of alkyl halides is 3. The first-order chi connectivity index (χ1) is 32.1. The van der Waals surface area contributed by atoms with Crippen molar-refractivity contribution in [3.05, 3.63) is 111 Å². The number of hydrogen-bond acceptors (Lipinski definition) is 12. The number of nitrogens with zero attached hydrogens (tertiary/aromatic N) is 5. The van der Waals surface area contributed by atoms with E-state index in [9.17, 15) is 36.5 Å². The number of halogens is 4. The second kappa shape index (κ2) is 19.0. The Hall–Kier alpha value is -5.89. The van der Waals surface area contributed by atoms with Crippen molar-refractivity contribution in [3.63, 3.8) is 0 Å². The molecule has 4 aliphatic rings. The summed E-state index contributed by atoms with van der Waals surface area (Å²) in [7, 11) is -4.63. The molecule has 0 unspecified atom stereocenters. The van der Waals surface area contributed by atoms with Crippen LogP contribution in [-0.4, -0.2) is 105 Å². The Morgan fingerprint density at radius 1 is 0.985 bits per heavy atom. The van der Waals surface area contributed by atoms with Gasteiger partial charge in [0.15, 0.2) is 0 Å². The van der Waals surface area contributed by atoms with Gasteiger partial charge in [0, 0.05) is 80.8 Å². The second-order valence-corrected chi connectivity index (χ2v) is 19.7. The number of ether oxygens (including phenoxy) is 2. The van der Waals surface area contributed by atoms with E-state index in [0.717, 1.165) is 41.1 Å². The number of anilines is 4. The minimum absolute atomic E-state index is 0.0283. The summed E-state index contributed by atoms with van der Waals surface area (Å²) in [5.74, 6) is -1.79. The Morgan fingerprint density at radius 3 is 2.48 bits per heavy atom. The highest BCUT2D eigenvalue weighted by Gasteiger charge is 2.42. The van der Waals surface area contributed by atoms with Gasteiger partial charge in [0.2, 0.25) is 5.88 Å². The van der Waals surface area contributed by atoms with Crippen molar-refractivity contribution < 1.29 is 40.8 Å². The molecule has 15 nitrogen and oxygen atoms in total. The van der Waals surface area contributed by atoms with Gasteiger partial charge in [0.25, 0.3) is 21.6 Å². The van der Waals surface area contributed by atoms with Crippen LogP contribution >= 0.6 is 11.6 Å². The lowest BCUT2D eigenvalue weighted by atomic mass is 9.80. The number of amides is 1. The summed E-state index contributed by atoms with van der Waals surface area (Å²) in [6.07, 6.45) is -1.04. The summed E-state index contributed by atoms with van der Waals surface area (Å²) in [5, 5.41) is 16.6. The molecule has 0 saturated carbocycles. The first-order valence-electron chi connectivity index (χ1n) is 22.3. The summed E-state index contributed by atoms with van der Waals surface area (Å²) in [4.78, 5) is 39.5. The number of pyridine rings is 1. The molecule has 3 aromatic carbocycles. The number of fused-ring (bicyclic) bond motifs is 2. The van der Waals surface area contributed by atoms with Gasteiger partial charge in [-0.3, -0.25) is 19.8 Å². The third-order valence-corrected chi connectivity index (χ3v) is 14.7. The van der Waals surface area contributed by atoms with Gasteiger partial charge in [-0.25, -0.2) is 13.1 Å². The number of hydrogen-bond donors (Lipinski definition) is 3. The maximum Gasteiger partial charge on any atom is 0.392 e. The van der Waals surface area contributed by atoms with Crippen LogP contribution in [0.4, 0.5) is 41.6 Å². The standard InChI is InChI=1S/C47H50ClF3N8O7S/c1-29-27-58(43-22-32-12-15-52-44(32)54-46(43)66-29)41-24-36(57-18-16-56(17-19-57)28-33-2-5-34(47(49,50)51)23-39(33)31-3-6-35(48)7-4-31)8-10-38(41)45(60)55-67(63,64)37-9-11-40(42(25-37)59(61)62)53-26-30-13-20-65-21-14-30/h3-4,6-12,15,22,24-25,29-30,34,53H,2,5,13-14,16-21,23,26-28H2,1H3,(H,52,54)(H,55,60)/t29-,34-/m1/s1. The number of aromatic amines is 1. The SMILES string of the molecule is C[C@@H]1CN(c2cc(N3CCN(CC4=C(c5ccc(Cl)cc5)C[C@H](C(F)(F)F)CC4)CC3)ccc2C(=O)NS(=O)(=O)c2ccc(NCC3CCOCC3)c([N+](=O)[O-])c2)c2cc3cc[nH]c3nc2O1. The minimum Gasteiger partial charge on any atom is -0.471 e. The van der Waals surface area contributed by atoms with E-state index in [0.29, 0.717) is 92.4 Å². The molecule has 354 valence electrons. The van der Waals surface area contributed by atoms with Crippen LogP contribution in [0.25, 0.3) is 16.6 Å². The molecule has 2 fully saturated rings. The van der Waals surface area contributed by atoms with E-state index < -0.39 is 49.6 Å². The third kappa shape index (κ3) is 10.2. The summed E-state index contributed by atoms with van der Waals surface area (Å²) in [5.41, 5.74) is 4.52. The van der Waals surface area contributed by atoms with Crippen molar-refractivity contribution in [3.8, 4) is 5.88 Å². The van der Waals surface area contributed by atoms with Gasteiger partial charge in [0.05, 0.1) is 33.5 Å². The molecular weight excluding hydrogens is 913 g/mol. The van der Waals surface area contributed by atoms with Crippen molar-refractivity contribution in [2.45, 2.75) is 56.2 Å².